The zero-order valence-corrected chi connectivity index (χ0v) is 15.3. The van der Waals surface area contributed by atoms with E-state index in [0.717, 1.165) is 30.8 Å². The van der Waals surface area contributed by atoms with E-state index in [1.807, 2.05) is 4.68 Å². The Kier molecular flexibility index (Phi) is 4.99. The zero-order valence-electron chi connectivity index (χ0n) is 15.3. The summed E-state index contributed by atoms with van der Waals surface area (Å²) in [7, 11) is 0. The average molecular weight is 327 g/mol. The van der Waals surface area contributed by atoms with Crippen LogP contribution < -0.4 is 5.32 Å². The minimum Gasteiger partial charge on any atom is -0.302 e. The summed E-state index contributed by atoms with van der Waals surface area (Å²) in [6, 6.07) is 6.83. The summed E-state index contributed by atoms with van der Waals surface area (Å²) in [5, 5.41) is 16.8. The number of nitrogens with zero attached hydrogens (tertiary/aromatic N) is 4. The third-order valence-electron chi connectivity index (χ3n) is 5.08. The molecule has 1 aliphatic rings. The summed E-state index contributed by atoms with van der Waals surface area (Å²) in [5.41, 5.74) is 3.54. The first-order valence-electron chi connectivity index (χ1n) is 9.23. The second kappa shape index (κ2) is 7.01. The number of aromatic nitrogens is 4. The van der Waals surface area contributed by atoms with E-state index in [-0.39, 0.29) is 5.54 Å². The lowest BCUT2D eigenvalue weighted by Gasteiger charge is -2.38. The summed E-state index contributed by atoms with van der Waals surface area (Å²) < 4.78 is 1.99. The van der Waals surface area contributed by atoms with E-state index >= 15 is 0 Å². The van der Waals surface area contributed by atoms with Gasteiger partial charge in [0, 0.05) is 6.04 Å². The molecule has 1 fully saturated rings. The van der Waals surface area contributed by atoms with Crippen molar-refractivity contribution in [2.24, 2.45) is 0 Å². The summed E-state index contributed by atoms with van der Waals surface area (Å²) in [5.74, 6) is 0.972. The number of hydrogen-bond acceptors (Lipinski definition) is 4. The van der Waals surface area contributed by atoms with E-state index in [2.05, 4.69) is 66.7 Å². The molecular formula is C19H29N5. The molecule has 0 atom stereocenters. The Morgan fingerprint density at radius 2 is 1.96 bits per heavy atom. The number of hydrogen-bond donors (Lipinski definition) is 1. The Morgan fingerprint density at radius 3 is 2.62 bits per heavy atom. The summed E-state index contributed by atoms with van der Waals surface area (Å²) >= 11 is 0. The van der Waals surface area contributed by atoms with E-state index in [1.54, 1.807) is 0 Å². The molecule has 1 N–H and O–H groups in total. The van der Waals surface area contributed by atoms with Crippen LogP contribution in [0.15, 0.2) is 18.2 Å². The third kappa shape index (κ3) is 3.09. The first kappa shape index (κ1) is 17.1. The molecule has 0 unspecified atom stereocenters. The molecule has 1 saturated carbocycles. The van der Waals surface area contributed by atoms with Gasteiger partial charge < -0.3 is 5.32 Å². The monoisotopic (exact) mass is 327 g/mol. The standard InChI is InChI=1S/C19H29N5/c1-5-16-11-9-10-15(4)17(16)24-18(21-22-23-24)19(20-14(2)3)12-7-6-8-13-19/h9-11,14,20H,5-8,12-13H2,1-4H3. The Balaban J connectivity index is 2.13. The fraction of sp³-hybridized carbons (Fsp3) is 0.632. The average Bonchev–Trinajstić information content (AvgIpc) is 3.04. The van der Waals surface area contributed by atoms with Crippen LogP contribution in [0.3, 0.4) is 0 Å². The van der Waals surface area contributed by atoms with Crippen LogP contribution in [0.1, 0.15) is 69.8 Å². The normalized spacial score (nSPS) is 17.4. The first-order chi connectivity index (χ1) is 11.6. The lowest BCUT2D eigenvalue weighted by molar-refractivity contribution is 0.200. The molecule has 5 heteroatoms. The molecule has 0 radical (unpaired) electrons. The molecule has 5 nitrogen and oxygen atoms in total. The van der Waals surface area contributed by atoms with Crippen molar-refractivity contribution in [3.05, 3.63) is 35.2 Å². The quantitative estimate of drug-likeness (QED) is 0.910. The van der Waals surface area contributed by atoms with Gasteiger partial charge in [-0.3, -0.25) is 0 Å². The van der Waals surface area contributed by atoms with Crippen LogP contribution in [0.25, 0.3) is 5.69 Å². The van der Waals surface area contributed by atoms with Gasteiger partial charge in [-0.05, 0) is 61.6 Å². The summed E-state index contributed by atoms with van der Waals surface area (Å²) in [6.45, 7) is 8.74. The fourth-order valence-corrected chi connectivity index (χ4v) is 4.08. The van der Waals surface area contributed by atoms with E-state index in [4.69, 9.17) is 0 Å². The van der Waals surface area contributed by atoms with Crippen LogP contribution in [0.4, 0.5) is 0 Å². The van der Waals surface area contributed by atoms with Crippen molar-refractivity contribution < 1.29 is 0 Å². The summed E-state index contributed by atoms with van der Waals surface area (Å²) in [4.78, 5) is 0. The molecule has 3 rings (SSSR count). The fourth-order valence-electron chi connectivity index (χ4n) is 4.08. The van der Waals surface area contributed by atoms with Gasteiger partial charge in [-0.1, -0.05) is 44.4 Å². The van der Waals surface area contributed by atoms with Gasteiger partial charge in [0.25, 0.3) is 0 Å². The zero-order chi connectivity index (χ0) is 17.2. The van der Waals surface area contributed by atoms with E-state index in [9.17, 15) is 0 Å². The van der Waals surface area contributed by atoms with Crippen molar-refractivity contribution in [2.45, 2.75) is 77.8 Å². The highest BCUT2D eigenvalue weighted by molar-refractivity contribution is 5.47. The van der Waals surface area contributed by atoms with Crippen LogP contribution >= 0.6 is 0 Å². The highest BCUT2D eigenvalue weighted by Crippen LogP contribution is 2.37. The molecule has 0 amide bonds. The van der Waals surface area contributed by atoms with Crippen LogP contribution in [0.5, 0.6) is 0 Å². The number of rotatable bonds is 5. The first-order valence-corrected chi connectivity index (χ1v) is 9.23. The molecular weight excluding hydrogens is 298 g/mol. The van der Waals surface area contributed by atoms with Crippen LogP contribution in [-0.2, 0) is 12.0 Å². The van der Waals surface area contributed by atoms with Crippen molar-refractivity contribution in [3.8, 4) is 5.69 Å². The number of benzene rings is 1. The van der Waals surface area contributed by atoms with Gasteiger partial charge >= 0.3 is 0 Å². The van der Waals surface area contributed by atoms with E-state index in [0.29, 0.717) is 6.04 Å². The molecule has 0 saturated heterocycles. The van der Waals surface area contributed by atoms with Crippen LogP contribution in [0.2, 0.25) is 0 Å². The number of nitrogens with one attached hydrogen (secondary N) is 1. The Labute approximate surface area is 144 Å². The molecule has 0 spiro atoms. The predicted molar refractivity (Wildman–Crippen MR) is 96.3 cm³/mol. The molecule has 130 valence electrons. The molecule has 1 heterocycles. The lowest BCUT2D eigenvalue weighted by atomic mass is 9.80. The van der Waals surface area contributed by atoms with Gasteiger partial charge in [0.05, 0.1) is 11.2 Å². The maximum absolute atomic E-state index is 4.50. The smallest absolute Gasteiger partial charge is 0.176 e. The van der Waals surface area contributed by atoms with Gasteiger partial charge in [0.15, 0.2) is 5.82 Å². The van der Waals surface area contributed by atoms with Gasteiger partial charge in [0.1, 0.15) is 0 Å². The van der Waals surface area contributed by atoms with Gasteiger partial charge in [0.2, 0.25) is 0 Å². The minimum atomic E-state index is -0.122. The maximum atomic E-state index is 4.50. The van der Waals surface area contributed by atoms with Gasteiger partial charge in [-0.2, -0.15) is 4.68 Å². The van der Waals surface area contributed by atoms with Crippen molar-refractivity contribution in [2.75, 3.05) is 0 Å². The maximum Gasteiger partial charge on any atom is 0.176 e. The van der Waals surface area contributed by atoms with Crippen LogP contribution in [0, 0.1) is 6.92 Å². The van der Waals surface area contributed by atoms with Crippen molar-refractivity contribution in [1.82, 2.24) is 25.5 Å². The second-order valence-corrected chi connectivity index (χ2v) is 7.29. The van der Waals surface area contributed by atoms with Crippen molar-refractivity contribution in [3.63, 3.8) is 0 Å². The molecule has 1 aromatic carbocycles. The largest absolute Gasteiger partial charge is 0.302 e. The Morgan fingerprint density at radius 1 is 1.21 bits per heavy atom. The molecule has 2 aromatic rings. The topological polar surface area (TPSA) is 55.6 Å². The number of tetrazole rings is 1. The van der Waals surface area contributed by atoms with Crippen LogP contribution in [-0.4, -0.2) is 26.2 Å². The Bertz CT molecular complexity index is 683. The van der Waals surface area contributed by atoms with Gasteiger partial charge in [-0.25, -0.2) is 0 Å². The second-order valence-electron chi connectivity index (χ2n) is 7.29. The number of para-hydroxylation sites is 1. The lowest BCUT2D eigenvalue weighted by Crippen LogP contribution is -2.49. The van der Waals surface area contributed by atoms with E-state index < -0.39 is 0 Å². The Hall–Kier alpha value is -1.75. The molecule has 0 aliphatic heterocycles. The summed E-state index contributed by atoms with van der Waals surface area (Å²) in [6.07, 6.45) is 6.91. The highest BCUT2D eigenvalue weighted by atomic mass is 15.6. The minimum absolute atomic E-state index is 0.122. The van der Waals surface area contributed by atoms with E-state index in [1.165, 1.54) is 30.4 Å². The number of aryl methyl sites for hydroxylation is 2. The molecule has 1 aromatic heterocycles. The highest BCUT2D eigenvalue weighted by Gasteiger charge is 2.39. The van der Waals surface area contributed by atoms with Gasteiger partial charge in [-0.15, -0.1) is 5.10 Å². The third-order valence-corrected chi connectivity index (χ3v) is 5.08. The molecule has 24 heavy (non-hydrogen) atoms. The van der Waals surface area contributed by atoms with Crippen molar-refractivity contribution in [1.29, 1.82) is 0 Å². The molecule has 1 aliphatic carbocycles. The molecule has 0 bridgehead atoms. The van der Waals surface area contributed by atoms with Crippen molar-refractivity contribution >= 4 is 0 Å². The predicted octanol–water partition coefficient (Wildman–Crippen LogP) is 3.69. The SMILES string of the molecule is CCc1cccc(C)c1-n1nnnc1C1(NC(C)C)CCCCC1.